The molecule has 0 radical (unpaired) electrons. The lowest BCUT2D eigenvalue weighted by atomic mass is 10.0. The summed E-state index contributed by atoms with van der Waals surface area (Å²) in [5.74, 6) is 0. The molecule has 21 heavy (non-hydrogen) atoms. The maximum absolute atomic E-state index is 6.29. The van der Waals surface area contributed by atoms with Gasteiger partial charge in [-0.05, 0) is 50.1 Å². The standard InChI is InChI=1S/C17H22N4/c1-13(18)17(15-7-2-3-10-20-15)21-11-5-8-16(21)14-6-4-9-19-12-14/h2-4,6-7,9-10,12-13,16-17H,5,8,11,18H2,1H3. The Bertz CT molecular complexity index is 556. The highest BCUT2D eigenvalue weighted by atomic mass is 15.2. The third-order valence-electron chi connectivity index (χ3n) is 4.21. The summed E-state index contributed by atoms with van der Waals surface area (Å²) in [6.45, 7) is 3.13. The van der Waals surface area contributed by atoms with Crippen LogP contribution in [0, 0.1) is 0 Å². The second-order valence-corrected chi connectivity index (χ2v) is 5.74. The van der Waals surface area contributed by atoms with Gasteiger partial charge >= 0.3 is 0 Å². The molecular formula is C17H22N4. The third kappa shape index (κ3) is 2.96. The van der Waals surface area contributed by atoms with Gasteiger partial charge in [0, 0.05) is 30.7 Å². The van der Waals surface area contributed by atoms with Crippen LogP contribution in [0.1, 0.15) is 43.1 Å². The van der Waals surface area contributed by atoms with E-state index in [-0.39, 0.29) is 12.1 Å². The van der Waals surface area contributed by atoms with E-state index >= 15 is 0 Å². The van der Waals surface area contributed by atoms with Crippen LogP contribution in [0.4, 0.5) is 0 Å². The minimum Gasteiger partial charge on any atom is -0.326 e. The molecule has 2 aromatic heterocycles. The van der Waals surface area contributed by atoms with Crippen LogP contribution in [-0.4, -0.2) is 27.5 Å². The Morgan fingerprint density at radius 3 is 2.81 bits per heavy atom. The van der Waals surface area contributed by atoms with Gasteiger partial charge in [0.05, 0.1) is 11.7 Å². The number of aromatic nitrogens is 2. The van der Waals surface area contributed by atoms with Crippen molar-refractivity contribution in [3.63, 3.8) is 0 Å². The molecule has 4 nitrogen and oxygen atoms in total. The van der Waals surface area contributed by atoms with E-state index in [9.17, 15) is 0 Å². The molecule has 2 aromatic rings. The number of hydrogen-bond acceptors (Lipinski definition) is 4. The topological polar surface area (TPSA) is 55.0 Å². The van der Waals surface area contributed by atoms with Crippen molar-refractivity contribution in [1.82, 2.24) is 14.9 Å². The minimum absolute atomic E-state index is 0.0390. The predicted molar refractivity (Wildman–Crippen MR) is 83.5 cm³/mol. The maximum atomic E-state index is 6.29. The Balaban J connectivity index is 1.92. The molecule has 3 heterocycles. The first-order valence-corrected chi connectivity index (χ1v) is 7.59. The van der Waals surface area contributed by atoms with Crippen molar-refractivity contribution < 1.29 is 0 Å². The van der Waals surface area contributed by atoms with E-state index in [0.717, 1.165) is 18.7 Å². The van der Waals surface area contributed by atoms with E-state index in [4.69, 9.17) is 5.73 Å². The van der Waals surface area contributed by atoms with Crippen molar-refractivity contribution in [1.29, 1.82) is 0 Å². The summed E-state index contributed by atoms with van der Waals surface area (Å²) >= 11 is 0. The highest BCUT2D eigenvalue weighted by molar-refractivity contribution is 5.19. The Morgan fingerprint density at radius 2 is 2.14 bits per heavy atom. The van der Waals surface area contributed by atoms with Crippen LogP contribution in [0.2, 0.25) is 0 Å². The van der Waals surface area contributed by atoms with Crippen LogP contribution in [0.25, 0.3) is 0 Å². The van der Waals surface area contributed by atoms with Gasteiger partial charge in [-0.3, -0.25) is 14.9 Å². The normalized spacial score (nSPS) is 22.1. The van der Waals surface area contributed by atoms with E-state index < -0.39 is 0 Å². The highest BCUT2D eigenvalue weighted by Crippen LogP contribution is 2.38. The molecule has 0 spiro atoms. The maximum Gasteiger partial charge on any atom is 0.0675 e. The smallest absolute Gasteiger partial charge is 0.0675 e. The molecule has 3 unspecified atom stereocenters. The van der Waals surface area contributed by atoms with Crippen molar-refractivity contribution in [2.45, 2.75) is 37.9 Å². The first-order valence-electron chi connectivity index (χ1n) is 7.59. The van der Waals surface area contributed by atoms with Crippen LogP contribution in [0.3, 0.4) is 0 Å². The van der Waals surface area contributed by atoms with E-state index in [0.29, 0.717) is 6.04 Å². The van der Waals surface area contributed by atoms with Crippen LogP contribution < -0.4 is 5.73 Å². The zero-order valence-electron chi connectivity index (χ0n) is 12.4. The summed E-state index contributed by atoms with van der Waals surface area (Å²) in [4.78, 5) is 11.3. The van der Waals surface area contributed by atoms with Gasteiger partial charge in [-0.2, -0.15) is 0 Å². The van der Waals surface area contributed by atoms with Gasteiger partial charge in [0.2, 0.25) is 0 Å². The highest BCUT2D eigenvalue weighted by Gasteiger charge is 2.35. The van der Waals surface area contributed by atoms with Crippen molar-refractivity contribution >= 4 is 0 Å². The predicted octanol–water partition coefficient (Wildman–Crippen LogP) is 2.70. The van der Waals surface area contributed by atoms with Crippen molar-refractivity contribution in [3.8, 4) is 0 Å². The van der Waals surface area contributed by atoms with Gasteiger partial charge in [-0.25, -0.2) is 0 Å². The molecule has 0 aromatic carbocycles. The molecule has 1 aliphatic heterocycles. The number of nitrogens with zero attached hydrogens (tertiary/aromatic N) is 3. The fraction of sp³-hybridized carbons (Fsp3) is 0.412. The summed E-state index contributed by atoms with van der Waals surface area (Å²) < 4.78 is 0. The Kier molecular flexibility index (Phi) is 4.27. The molecule has 0 bridgehead atoms. The first-order chi connectivity index (χ1) is 10.3. The molecule has 0 saturated carbocycles. The van der Waals surface area contributed by atoms with Gasteiger partial charge in [0.15, 0.2) is 0 Å². The SMILES string of the molecule is CC(N)C(c1ccccn1)N1CCCC1c1cccnc1. The Morgan fingerprint density at radius 1 is 1.24 bits per heavy atom. The fourth-order valence-corrected chi connectivity index (χ4v) is 3.35. The number of hydrogen-bond donors (Lipinski definition) is 1. The summed E-state index contributed by atoms with van der Waals surface area (Å²) in [6, 6.07) is 10.8. The molecule has 0 aliphatic carbocycles. The average Bonchev–Trinajstić information content (AvgIpc) is 2.98. The average molecular weight is 282 g/mol. The lowest BCUT2D eigenvalue weighted by molar-refractivity contribution is 0.157. The van der Waals surface area contributed by atoms with Crippen LogP contribution in [-0.2, 0) is 0 Å². The van der Waals surface area contributed by atoms with Gasteiger partial charge < -0.3 is 5.73 Å². The number of likely N-dealkylation sites (tertiary alicyclic amines) is 1. The Hall–Kier alpha value is -1.78. The molecular weight excluding hydrogens is 260 g/mol. The van der Waals surface area contributed by atoms with Gasteiger partial charge in [-0.1, -0.05) is 12.1 Å². The summed E-state index contributed by atoms with van der Waals surface area (Å²) in [7, 11) is 0. The van der Waals surface area contributed by atoms with Crippen molar-refractivity contribution in [2.75, 3.05) is 6.54 Å². The number of rotatable bonds is 4. The van der Waals surface area contributed by atoms with Gasteiger partial charge in [0.25, 0.3) is 0 Å². The lowest BCUT2D eigenvalue weighted by Gasteiger charge is -2.35. The van der Waals surface area contributed by atoms with Crippen molar-refractivity contribution in [3.05, 3.63) is 60.2 Å². The fourth-order valence-electron chi connectivity index (χ4n) is 3.35. The van der Waals surface area contributed by atoms with E-state index in [1.807, 2.05) is 36.8 Å². The monoisotopic (exact) mass is 282 g/mol. The first kappa shape index (κ1) is 14.2. The summed E-state index contributed by atoms with van der Waals surface area (Å²) in [5, 5.41) is 0. The Labute approximate surface area is 126 Å². The van der Waals surface area contributed by atoms with Crippen LogP contribution >= 0.6 is 0 Å². The molecule has 3 atom stereocenters. The quantitative estimate of drug-likeness (QED) is 0.936. The molecule has 0 amide bonds. The van der Waals surface area contributed by atoms with E-state index in [2.05, 4.69) is 33.9 Å². The summed E-state index contributed by atoms with van der Waals surface area (Å²) in [5.41, 5.74) is 8.62. The van der Waals surface area contributed by atoms with Crippen LogP contribution in [0.5, 0.6) is 0 Å². The molecule has 4 heteroatoms. The van der Waals surface area contributed by atoms with Crippen molar-refractivity contribution in [2.24, 2.45) is 5.73 Å². The second kappa shape index (κ2) is 6.33. The van der Waals surface area contributed by atoms with Crippen LogP contribution in [0.15, 0.2) is 48.9 Å². The van der Waals surface area contributed by atoms with Gasteiger partial charge in [0.1, 0.15) is 0 Å². The molecule has 1 fully saturated rings. The number of nitrogens with two attached hydrogens (primary N) is 1. The summed E-state index contributed by atoms with van der Waals surface area (Å²) in [6.07, 6.45) is 7.99. The zero-order chi connectivity index (χ0) is 14.7. The molecule has 1 saturated heterocycles. The third-order valence-corrected chi connectivity index (χ3v) is 4.21. The second-order valence-electron chi connectivity index (χ2n) is 5.74. The zero-order valence-corrected chi connectivity index (χ0v) is 12.4. The minimum atomic E-state index is 0.0390. The van der Waals surface area contributed by atoms with Gasteiger partial charge in [-0.15, -0.1) is 0 Å². The lowest BCUT2D eigenvalue weighted by Crippen LogP contribution is -2.39. The molecule has 2 N–H and O–H groups in total. The van der Waals surface area contributed by atoms with E-state index in [1.165, 1.54) is 12.0 Å². The number of pyridine rings is 2. The molecule has 3 rings (SSSR count). The molecule has 110 valence electrons. The van der Waals surface area contributed by atoms with E-state index in [1.54, 1.807) is 0 Å². The largest absolute Gasteiger partial charge is 0.326 e. The molecule has 1 aliphatic rings.